The van der Waals surface area contributed by atoms with E-state index in [0.29, 0.717) is 17.3 Å². The number of nitrogens with one attached hydrogen (secondary N) is 2. The number of hydrogen-bond acceptors (Lipinski definition) is 6. The summed E-state index contributed by atoms with van der Waals surface area (Å²) in [5.74, 6) is 1.87. The van der Waals surface area contributed by atoms with E-state index in [4.69, 9.17) is 10.5 Å². The van der Waals surface area contributed by atoms with Crippen LogP contribution < -0.4 is 21.1 Å². The number of benzene rings is 2. The summed E-state index contributed by atoms with van der Waals surface area (Å²) in [5.41, 5.74) is 9.83. The Bertz CT molecular complexity index is 880. The van der Waals surface area contributed by atoms with E-state index < -0.39 is 0 Å². The number of nitrogens with zero attached hydrogens (tertiary/aromatic N) is 2. The third kappa shape index (κ3) is 4.88. The minimum absolute atomic E-state index is 0.454. The monoisotopic (exact) mass is 363 g/mol. The van der Waals surface area contributed by atoms with Gasteiger partial charge in [0.25, 0.3) is 0 Å². The van der Waals surface area contributed by atoms with Crippen molar-refractivity contribution in [1.82, 2.24) is 9.97 Å². The van der Waals surface area contributed by atoms with Crippen molar-refractivity contribution in [2.24, 2.45) is 0 Å². The van der Waals surface area contributed by atoms with E-state index in [9.17, 15) is 0 Å². The summed E-state index contributed by atoms with van der Waals surface area (Å²) in [6.07, 6.45) is 4.98. The van der Waals surface area contributed by atoms with Crippen LogP contribution >= 0.6 is 0 Å². The third-order valence-corrected chi connectivity index (χ3v) is 4.25. The molecule has 6 nitrogen and oxygen atoms in total. The molecule has 0 atom stereocenters. The number of rotatable bonds is 8. The van der Waals surface area contributed by atoms with Gasteiger partial charge in [-0.2, -0.15) is 0 Å². The lowest BCUT2D eigenvalue weighted by Crippen LogP contribution is -2.05. The van der Waals surface area contributed by atoms with E-state index in [-0.39, 0.29) is 0 Å². The van der Waals surface area contributed by atoms with E-state index in [1.165, 1.54) is 24.7 Å². The maximum absolute atomic E-state index is 6.26. The van der Waals surface area contributed by atoms with Gasteiger partial charge in [-0.05, 0) is 42.7 Å². The molecule has 0 aliphatic rings. The van der Waals surface area contributed by atoms with Crippen molar-refractivity contribution in [1.29, 1.82) is 0 Å². The van der Waals surface area contributed by atoms with Crippen LogP contribution in [-0.4, -0.2) is 17.1 Å². The number of nitrogen functional groups attached to an aromatic ring is 1. The van der Waals surface area contributed by atoms with Gasteiger partial charge in [0, 0.05) is 17.4 Å². The molecule has 1 aromatic heterocycles. The summed E-state index contributed by atoms with van der Waals surface area (Å²) in [7, 11) is 1.63. The van der Waals surface area contributed by atoms with Crippen LogP contribution in [0.4, 0.5) is 28.7 Å². The van der Waals surface area contributed by atoms with Gasteiger partial charge in [-0.1, -0.05) is 31.5 Å². The van der Waals surface area contributed by atoms with Crippen molar-refractivity contribution >= 4 is 28.7 Å². The van der Waals surface area contributed by atoms with Crippen LogP contribution in [0.3, 0.4) is 0 Å². The number of aromatic nitrogens is 2. The molecule has 0 bridgehead atoms. The van der Waals surface area contributed by atoms with Crippen LogP contribution in [-0.2, 0) is 6.42 Å². The molecular formula is C21H25N5O. The second-order valence-electron chi connectivity index (χ2n) is 6.27. The van der Waals surface area contributed by atoms with Gasteiger partial charge < -0.3 is 21.1 Å². The Morgan fingerprint density at radius 1 is 0.963 bits per heavy atom. The summed E-state index contributed by atoms with van der Waals surface area (Å²) in [5, 5.41) is 6.47. The highest BCUT2D eigenvalue weighted by atomic mass is 16.5. The van der Waals surface area contributed by atoms with Gasteiger partial charge in [0.2, 0.25) is 0 Å². The minimum Gasteiger partial charge on any atom is -0.497 e. The lowest BCUT2D eigenvalue weighted by atomic mass is 10.1. The molecule has 140 valence electrons. The third-order valence-electron chi connectivity index (χ3n) is 4.25. The number of ether oxygens (including phenoxy) is 1. The molecule has 0 aliphatic heterocycles. The highest BCUT2D eigenvalue weighted by molar-refractivity contribution is 5.80. The molecule has 0 radical (unpaired) electrons. The first-order valence-electron chi connectivity index (χ1n) is 9.07. The molecule has 27 heavy (non-hydrogen) atoms. The maximum atomic E-state index is 6.26. The van der Waals surface area contributed by atoms with Crippen LogP contribution in [0, 0.1) is 0 Å². The number of anilines is 5. The SMILES string of the molecule is CCCCc1ccc(Nc2ncnc(Nc3cccc(OC)c3)c2N)cc1. The first-order chi connectivity index (χ1) is 13.2. The largest absolute Gasteiger partial charge is 0.497 e. The summed E-state index contributed by atoms with van der Waals surface area (Å²) < 4.78 is 5.24. The predicted octanol–water partition coefficient (Wildman–Crippen LogP) is 4.90. The Hall–Kier alpha value is -3.28. The molecule has 4 N–H and O–H groups in total. The van der Waals surface area contributed by atoms with Gasteiger partial charge in [-0.25, -0.2) is 9.97 Å². The van der Waals surface area contributed by atoms with Crippen molar-refractivity contribution in [2.45, 2.75) is 26.2 Å². The standard InChI is InChI=1S/C21H25N5O/c1-3-4-6-15-9-11-16(12-10-15)25-20-19(22)21(24-14-23-20)26-17-7-5-8-18(13-17)27-2/h5,7-14H,3-4,6,22H2,1-2H3,(H2,23,24,25,26). The fourth-order valence-electron chi connectivity index (χ4n) is 2.70. The van der Waals surface area contributed by atoms with Gasteiger partial charge in [0.1, 0.15) is 17.8 Å². The molecule has 0 saturated carbocycles. The van der Waals surface area contributed by atoms with Crippen molar-refractivity contribution in [3.8, 4) is 5.75 Å². The van der Waals surface area contributed by atoms with E-state index >= 15 is 0 Å². The van der Waals surface area contributed by atoms with E-state index in [2.05, 4.69) is 39.7 Å². The van der Waals surface area contributed by atoms with Gasteiger partial charge in [-0.15, -0.1) is 0 Å². The zero-order valence-corrected chi connectivity index (χ0v) is 15.7. The first-order valence-corrected chi connectivity index (χ1v) is 9.07. The fraction of sp³-hybridized carbons (Fsp3) is 0.238. The van der Waals surface area contributed by atoms with E-state index in [0.717, 1.165) is 23.5 Å². The molecule has 2 aromatic carbocycles. The molecule has 0 spiro atoms. The van der Waals surface area contributed by atoms with E-state index in [1.807, 2.05) is 36.4 Å². The highest BCUT2D eigenvalue weighted by Gasteiger charge is 2.09. The average molecular weight is 363 g/mol. The lowest BCUT2D eigenvalue weighted by molar-refractivity contribution is 0.415. The van der Waals surface area contributed by atoms with Crippen molar-refractivity contribution in [3.05, 3.63) is 60.4 Å². The summed E-state index contributed by atoms with van der Waals surface area (Å²) in [6.45, 7) is 2.20. The Kier molecular flexibility index (Phi) is 6.10. The number of aryl methyl sites for hydroxylation is 1. The van der Waals surface area contributed by atoms with Gasteiger partial charge in [0.15, 0.2) is 11.6 Å². The fourth-order valence-corrected chi connectivity index (χ4v) is 2.70. The van der Waals surface area contributed by atoms with Gasteiger partial charge >= 0.3 is 0 Å². The van der Waals surface area contributed by atoms with Crippen molar-refractivity contribution in [3.63, 3.8) is 0 Å². The Labute approximate surface area is 159 Å². The molecule has 3 rings (SSSR count). The van der Waals surface area contributed by atoms with Crippen molar-refractivity contribution < 1.29 is 4.74 Å². The first kappa shape index (κ1) is 18.5. The topological polar surface area (TPSA) is 85.1 Å². The van der Waals surface area contributed by atoms with Crippen LogP contribution in [0.5, 0.6) is 5.75 Å². The number of hydrogen-bond donors (Lipinski definition) is 3. The second-order valence-corrected chi connectivity index (χ2v) is 6.27. The zero-order valence-electron chi connectivity index (χ0n) is 15.7. The molecule has 3 aromatic rings. The Morgan fingerprint density at radius 3 is 2.33 bits per heavy atom. The quantitative estimate of drug-likeness (QED) is 0.528. The Morgan fingerprint density at radius 2 is 1.67 bits per heavy atom. The summed E-state index contributed by atoms with van der Waals surface area (Å²) >= 11 is 0. The highest BCUT2D eigenvalue weighted by Crippen LogP contribution is 2.29. The predicted molar refractivity (Wildman–Crippen MR) is 111 cm³/mol. The molecule has 6 heteroatoms. The van der Waals surface area contributed by atoms with Gasteiger partial charge in [0.05, 0.1) is 7.11 Å². The molecule has 0 fully saturated rings. The van der Waals surface area contributed by atoms with Crippen molar-refractivity contribution in [2.75, 3.05) is 23.5 Å². The number of nitrogens with two attached hydrogens (primary N) is 1. The number of methoxy groups -OCH3 is 1. The average Bonchev–Trinajstić information content (AvgIpc) is 2.70. The molecule has 0 unspecified atom stereocenters. The molecule has 0 amide bonds. The minimum atomic E-state index is 0.454. The van der Waals surface area contributed by atoms with Crippen LogP contribution in [0.25, 0.3) is 0 Å². The van der Waals surface area contributed by atoms with Crippen LogP contribution in [0.15, 0.2) is 54.9 Å². The number of unbranched alkanes of at least 4 members (excludes halogenated alkanes) is 1. The normalized spacial score (nSPS) is 10.4. The zero-order chi connectivity index (χ0) is 19.1. The maximum Gasteiger partial charge on any atom is 0.159 e. The van der Waals surface area contributed by atoms with E-state index in [1.54, 1.807) is 7.11 Å². The lowest BCUT2D eigenvalue weighted by Gasteiger charge is -2.13. The molecular weight excluding hydrogens is 338 g/mol. The van der Waals surface area contributed by atoms with Crippen LogP contribution in [0.1, 0.15) is 25.3 Å². The smallest absolute Gasteiger partial charge is 0.159 e. The van der Waals surface area contributed by atoms with Gasteiger partial charge in [-0.3, -0.25) is 0 Å². The molecule has 0 saturated heterocycles. The molecule has 1 heterocycles. The summed E-state index contributed by atoms with van der Waals surface area (Å²) in [6, 6.07) is 15.9. The molecule has 0 aliphatic carbocycles. The second kappa shape index (κ2) is 8.89. The Balaban J connectivity index is 1.74. The summed E-state index contributed by atoms with van der Waals surface area (Å²) in [4.78, 5) is 8.52. The van der Waals surface area contributed by atoms with Crippen LogP contribution in [0.2, 0.25) is 0 Å².